The highest BCUT2D eigenvalue weighted by atomic mass is 16.2. The van der Waals surface area contributed by atoms with E-state index in [0.29, 0.717) is 0 Å². The van der Waals surface area contributed by atoms with Crippen molar-refractivity contribution in [2.75, 3.05) is 19.6 Å². The number of hydrogen-bond donors (Lipinski definition) is 1. The first-order valence-electron chi connectivity index (χ1n) is 5.89. The molecule has 1 aliphatic rings. The van der Waals surface area contributed by atoms with Gasteiger partial charge in [-0.05, 0) is 26.7 Å². The van der Waals surface area contributed by atoms with Crippen LogP contribution in [0.3, 0.4) is 0 Å². The third kappa shape index (κ3) is 3.47. The van der Waals surface area contributed by atoms with Crippen molar-refractivity contribution in [2.24, 2.45) is 5.41 Å². The van der Waals surface area contributed by atoms with Crippen LogP contribution in [0.2, 0.25) is 0 Å². The van der Waals surface area contributed by atoms with E-state index in [2.05, 4.69) is 22.2 Å². The third-order valence-electron chi connectivity index (χ3n) is 3.46. The first kappa shape index (κ1) is 13.5. The molecule has 1 N–H and O–H groups in total. The Balaban J connectivity index is 2.47. The molecule has 17 heavy (non-hydrogen) atoms. The van der Waals surface area contributed by atoms with E-state index in [1.54, 1.807) is 0 Å². The average molecular weight is 233 g/mol. The fourth-order valence-electron chi connectivity index (χ4n) is 1.97. The number of hydrogen-bond acceptors (Lipinski definition) is 3. The normalized spacial score (nSPS) is 20.9. The molecule has 4 heteroatoms. The molecule has 0 radical (unpaired) electrons. The molecular weight excluding hydrogens is 214 g/mol. The minimum atomic E-state index is -0.231. The number of nitrogens with zero attached hydrogens (tertiary/aromatic N) is 2. The van der Waals surface area contributed by atoms with Gasteiger partial charge in [0.25, 0.3) is 0 Å². The molecule has 0 aromatic rings. The second-order valence-electron chi connectivity index (χ2n) is 4.81. The lowest BCUT2D eigenvalue weighted by Gasteiger charge is -2.37. The van der Waals surface area contributed by atoms with Crippen LogP contribution in [0.5, 0.6) is 0 Å². The van der Waals surface area contributed by atoms with Crippen molar-refractivity contribution in [3.63, 3.8) is 0 Å². The van der Waals surface area contributed by atoms with Crippen LogP contribution in [-0.4, -0.2) is 36.5 Å². The third-order valence-corrected chi connectivity index (χ3v) is 3.46. The highest BCUT2D eigenvalue weighted by Gasteiger charge is 2.33. The second-order valence-corrected chi connectivity index (χ2v) is 4.81. The Kier molecular flexibility index (Phi) is 4.54. The fourth-order valence-corrected chi connectivity index (χ4v) is 1.97. The summed E-state index contributed by atoms with van der Waals surface area (Å²) in [6.45, 7) is 5.70. The lowest BCUT2D eigenvalue weighted by atomic mass is 9.81. The van der Waals surface area contributed by atoms with Crippen molar-refractivity contribution in [2.45, 2.75) is 32.7 Å². The SMILES string of the molecule is C#CCNC(=O)C(C)N1CCC(C)(C#N)CC1. The zero-order valence-electron chi connectivity index (χ0n) is 10.5. The van der Waals surface area contributed by atoms with Gasteiger partial charge in [-0.25, -0.2) is 0 Å². The van der Waals surface area contributed by atoms with E-state index in [1.807, 2.05) is 13.8 Å². The Morgan fingerprint density at radius 2 is 2.18 bits per heavy atom. The summed E-state index contributed by atoms with van der Waals surface area (Å²) in [7, 11) is 0. The van der Waals surface area contributed by atoms with E-state index in [0.717, 1.165) is 25.9 Å². The maximum absolute atomic E-state index is 11.7. The molecular formula is C13H19N3O. The number of carbonyl (C=O) groups is 1. The zero-order valence-corrected chi connectivity index (χ0v) is 10.5. The van der Waals surface area contributed by atoms with Crippen LogP contribution in [0, 0.1) is 29.1 Å². The van der Waals surface area contributed by atoms with Gasteiger partial charge in [0.15, 0.2) is 0 Å². The van der Waals surface area contributed by atoms with Crippen LogP contribution in [-0.2, 0) is 4.79 Å². The predicted octanol–water partition coefficient (Wildman–Crippen LogP) is 0.750. The van der Waals surface area contributed by atoms with Crippen molar-refractivity contribution in [3.05, 3.63) is 0 Å². The molecule has 1 amide bonds. The van der Waals surface area contributed by atoms with Crippen molar-refractivity contribution in [1.29, 1.82) is 5.26 Å². The molecule has 0 bridgehead atoms. The highest BCUT2D eigenvalue weighted by molar-refractivity contribution is 5.81. The van der Waals surface area contributed by atoms with Crippen LogP contribution in [0.15, 0.2) is 0 Å². The van der Waals surface area contributed by atoms with Crippen molar-refractivity contribution in [3.8, 4) is 18.4 Å². The Morgan fingerprint density at radius 3 is 2.65 bits per heavy atom. The molecule has 1 aliphatic heterocycles. The molecule has 1 fully saturated rings. The Bertz CT molecular complexity index is 356. The number of terminal acetylenes is 1. The van der Waals surface area contributed by atoms with Crippen molar-refractivity contribution < 1.29 is 4.79 Å². The number of likely N-dealkylation sites (tertiary alicyclic amines) is 1. The van der Waals surface area contributed by atoms with Gasteiger partial charge < -0.3 is 5.32 Å². The van der Waals surface area contributed by atoms with Crippen LogP contribution in [0.1, 0.15) is 26.7 Å². The number of piperidine rings is 1. The molecule has 0 aromatic heterocycles. The number of rotatable bonds is 3. The van der Waals surface area contributed by atoms with Gasteiger partial charge in [-0.3, -0.25) is 9.69 Å². The summed E-state index contributed by atoms with van der Waals surface area (Å²) in [6, 6.07) is 2.18. The topological polar surface area (TPSA) is 56.1 Å². The summed E-state index contributed by atoms with van der Waals surface area (Å²) in [5.74, 6) is 2.35. The monoisotopic (exact) mass is 233 g/mol. The zero-order chi connectivity index (χ0) is 12.9. The summed E-state index contributed by atoms with van der Waals surface area (Å²) >= 11 is 0. The molecule has 0 aliphatic carbocycles. The van der Waals surface area contributed by atoms with E-state index in [9.17, 15) is 4.79 Å². The van der Waals surface area contributed by atoms with E-state index in [4.69, 9.17) is 11.7 Å². The standard InChI is InChI=1S/C13H19N3O/c1-4-7-15-12(17)11(2)16-8-5-13(3,10-14)6-9-16/h1,11H,5-9H2,2-3H3,(H,15,17). The minimum Gasteiger partial charge on any atom is -0.344 e. The maximum atomic E-state index is 11.7. The number of amides is 1. The van der Waals surface area contributed by atoms with Crippen molar-refractivity contribution >= 4 is 5.91 Å². The van der Waals surface area contributed by atoms with Crippen LogP contribution in [0.25, 0.3) is 0 Å². The first-order valence-corrected chi connectivity index (χ1v) is 5.89. The van der Waals surface area contributed by atoms with E-state index in [-0.39, 0.29) is 23.9 Å². The molecule has 92 valence electrons. The second kappa shape index (κ2) is 5.70. The Labute approximate surface area is 103 Å². The van der Waals surface area contributed by atoms with Crippen LogP contribution < -0.4 is 5.32 Å². The summed E-state index contributed by atoms with van der Waals surface area (Å²) in [4.78, 5) is 13.8. The molecule has 1 rings (SSSR count). The van der Waals surface area contributed by atoms with Gasteiger partial charge in [0.1, 0.15) is 0 Å². The average Bonchev–Trinajstić information content (AvgIpc) is 2.36. The number of nitriles is 1. The predicted molar refractivity (Wildman–Crippen MR) is 65.8 cm³/mol. The van der Waals surface area contributed by atoms with E-state index in [1.165, 1.54) is 0 Å². The quantitative estimate of drug-likeness (QED) is 0.732. The van der Waals surface area contributed by atoms with Gasteiger partial charge in [0.2, 0.25) is 5.91 Å². The van der Waals surface area contributed by atoms with E-state index >= 15 is 0 Å². The van der Waals surface area contributed by atoms with Gasteiger partial charge in [-0.1, -0.05) is 5.92 Å². The minimum absolute atomic E-state index is 0.0384. The largest absolute Gasteiger partial charge is 0.344 e. The molecule has 1 heterocycles. The number of nitrogens with one attached hydrogen (secondary N) is 1. The van der Waals surface area contributed by atoms with Gasteiger partial charge in [0, 0.05) is 13.1 Å². The highest BCUT2D eigenvalue weighted by Crippen LogP contribution is 2.30. The van der Waals surface area contributed by atoms with Crippen molar-refractivity contribution in [1.82, 2.24) is 10.2 Å². The Morgan fingerprint density at radius 1 is 1.59 bits per heavy atom. The van der Waals surface area contributed by atoms with E-state index < -0.39 is 0 Å². The van der Waals surface area contributed by atoms with Gasteiger partial charge >= 0.3 is 0 Å². The summed E-state index contributed by atoms with van der Waals surface area (Å²) in [5, 5.41) is 11.7. The fraction of sp³-hybridized carbons (Fsp3) is 0.692. The van der Waals surface area contributed by atoms with Crippen LogP contribution >= 0.6 is 0 Å². The molecule has 1 unspecified atom stereocenters. The smallest absolute Gasteiger partial charge is 0.237 e. The number of carbonyl (C=O) groups excluding carboxylic acids is 1. The molecule has 4 nitrogen and oxygen atoms in total. The molecule has 0 aromatic carbocycles. The first-order chi connectivity index (χ1) is 8.02. The molecule has 1 atom stereocenters. The summed E-state index contributed by atoms with van der Waals surface area (Å²) in [5.41, 5.74) is -0.231. The van der Waals surface area contributed by atoms with Crippen LogP contribution in [0.4, 0.5) is 0 Å². The maximum Gasteiger partial charge on any atom is 0.237 e. The lowest BCUT2D eigenvalue weighted by Crippen LogP contribution is -2.49. The van der Waals surface area contributed by atoms with Gasteiger partial charge in [-0.2, -0.15) is 5.26 Å². The molecule has 0 spiro atoms. The van der Waals surface area contributed by atoms with Gasteiger partial charge in [0.05, 0.1) is 24.1 Å². The lowest BCUT2D eigenvalue weighted by molar-refractivity contribution is -0.126. The molecule has 0 saturated carbocycles. The summed E-state index contributed by atoms with van der Waals surface area (Å²) in [6.07, 6.45) is 6.73. The Hall–Kier alpha value is -1.52. The summed E-state index contributed by atoms with van der Waals surface area (Å²) < 4.78 is 0. The molecule has 1 saturated heterocycles. The van der Waals surface area contributed by atoms with Gasteiger partial charge in [-0.15, -0.1) is 6.42 Å².